The van der Waals surface area contributed by atoms with Gasteiger partial charge in [-0.05, 0) is 63.6 Å². The van der Waals surface area contributed by atoms with Gasteiger partial charge in [0.05, 0.1) is 0 Å². The molecule has 7 heteroatoms. The summed E-state index contributed by atoms with van der Waals surface area (Å²) in [4.78, 5) is 13.9. The van der Waals surface area contributed by atoms with Crippen molar-refractivity contribution in [1.82, 2.24) is 4.90 Å². The maximum Gasteiger partial charge on any atom is 0.586 e. The monoisotopic (exact) mass is 355 g/mol. The Bertz CT molecular complexity index is 657. The van der Waals surface area contributed by atoms with Crippen molar-refractivity contribution in [2.75, 3.05) is 13.1 Å². The summed E-state index contributed by atoms with van der Waals surface area (Å²) in [7, 11) is 0. The number of alkyl halides is 2. The first-order valence-electron chi connectivity index (χ1n) is 8.48. The Balaban J connectivity index is 1.61. The lowest BCUT2D eigenvalue weighted by Gasteiger charge is -2.34. The van der Waals surface area contributed by atoms with E-state index < -0.39 is 11.9 Å². The van der Waals surface area contributed by atoms with Crippen LogP contribution in [0.5, 0.6) is 11.5 Å². The average Bonchev–Trinajstić information content (AvgIpc) is 2.79. The maximum absolute atomic E-state index is 13.1. The number of piperidine rings is 1. The van der Waals surface area contributed by atoms with Gasteiger partial charge in [-0.15, -0.1) is 8.78 Å². The fourth-order valence-corrected chi connectivity index (χ4v) is 3.18. The van der Waals surface area contributed by atoms with E-state index in [1.54, 1.807) is 17.0 Å². The molecule has 2 heterocycles. The van der Waals surface area contributed by atoms with Crippen molar-refractivity contribution < 1.29 is 27.8 Å². The van der Waals surface area contributed by atoms with E-state index in [2.05, 4.69) is 9.47 Å². The summed E-state index contributed by atoms with van der Waals surface area (Å²) in [6, 6.07) is 4.85. The van der Waals surface area contributed by atoms with Crippen LogP contribution < -0.4 is 9.47 Å². The van der Waals surface area contributed by atoms with Gasteiger partial charge in [0.2, 0.25) is 0 Å². The SMILES string of the molecule is CC(C)(C)OC(=O)N1CCCC(Cc2ccc3c(c2)OC(F)(F)O3)C1. The van der Waals surface area contributed by atoms with E-state index >= 15 is 0 Å². The normalized spacial score (nSPS) is 22.0. The zero-order valence-electron chi connectivity index (χ0n) is 14.7. The predicted octanol–water partition coefficient (Wildman–Crippen LogP) is 4.20. The number of hydrogen-bond donors (Lipinski definition) is 0. The number of amides is 1. The topological polar surface area (TPSA) is 48.0 Å². The molecule has 1 atom stereocenters. The number of likely N-dealkylation sites (tertiary alicyclic amines) is 1. The maximum atomic E-state index is 13.1. The predicted molar refractivity (Wildman–Crippen MR) is 86.9 cm³/mol. The van der Waals surface area contributed by atoms with Gasteiger partial charge in [0.15, 0.2) is 11.5 Å². The average molecular weight is 355 g/mol. The molecule has 0 radical (unpaired) electrons. The zero-order valence-corrected chi connectivity index (χ0v) is 14.7. The summed E-state index contributed by atoms with van der Waals surface area (Å²) in [5, 5.41) is 0. The third-order valence-corrected chi connectivity index (χ3v) is 4.16. The molecule has 25 heavy (non-hydrogen) atoms. The van der Waals surface area contributed by atoms with Gasteiger partial charge in [0.25, 0.3) is 0 Å². The molecule has 1 fully saturated rings. The number of carbonyl (C=O) groups is 1. The van der Waals surface area contributed by atoms with Crippen molar-refractivity contribution in [2.24, 2.45) is 5.92 Å². The van der Waals surface area contributed by atoms with Crippen LogP contribution in [0.25, 0.3) is 0 Å². The molecule has 1 saturated heterocycles. The van der Waals surface area contributed by atoms with Crippen molar-refractivity contribution in [3.8, 4) is 11.5 Å². The fourth-order valence-electron chi connectivity index (χ4n) is 3.18. The Morgan fingerprint density at radius 2 is 2.04 bits per heavy atom. The molecular formula is C18H23F2NO4. The van der Waals surface area contributed by atoms with E-state index in [1.807, 2.05) is 20.8 Å². The van der Waals surface area contributed by atoms with Gasteiger partial charge in [0.1, 0.15) is 5.60 Å². The number of halogens is 2. The fraction of sp³-hybridized carbons (Fsp3) is 0.611. The Hall–Kier alpha value is -2.05. The van der Waals surface area contributed by atoms with Gasteiger partial charge >= 0.3 is 12.4 Å². The van der Waals surface area contributed by atoms with Crippen molar-refractivity contribution >= 4 is 6.09 Å². The molecule has 1 amide bonds. The molecule has 5 nitrogen and oxygen atoms in total. The number of rotatable bonds is 2. The van der Waals surface area contributed by atoms with Crippen molar-refractivity contribution in [3.63, 3.8) is 0 Å². The van der Waals surface area contributed by atoms with Gasteiger partial charge in [0, 0.05) is 13.1 Å². The van der Waals surface area contributed by atoms with Crippen LogP contribution in [0, 0.1) is 5.92 Å². The highest BCUT2D eigenvalue weighted by Gasteiger charge is 2.43. The van der Waals surface area contributed by atoms with Crippen molar-refractivity contribution in [3.05, 3.63) is 23.8 Å². The van der Waals surface area contributed by atoms with Gasteiger partial charge in [-0.25, -0.2) is 4.79 Å². The lowest BCUT2D eigenvalue weighted by molar-refractivity contribution is -0.286. The van der Waals surface area contributed by atoms with Crippen LogP contribution in [0.15, 0.2) is 18.2 Å². The minimum Gasteiger partial charge on any atom is -0.444 e. The Morgan fingerprint density at radius 1 is 1.32 bits per heavy atom. The first-order valence-corrected chi connectivity index (χ1v) is 8.48. The van der Waals surface area contributed by atoms with Crippen molar-refractivity contribution in [1.29, 1.82) is 0 Å². The first kappa shape index (κ1) is 17.8. The molecule has 1 aromatic carbocycles. The summed E-state index contributed by atoms with van der Waals surface area (Å²) < 4.78 is 40.5. The molecule has 138 valence electrons. The standard InChI is InChI=1S/C18H23F2NO4/c1-17(2,3)25-16(22)21-8-4-5-13(11-21)9-12-6-7-14-15(10-12)24-18(19,20)23-14/h6-7,10,13H,4-5,8-9,11H2,1-3H3. The highest BCUT2D eigenvalue weighted by Crippen LogP contribution is 2.41. The molecular weight excluding hydrogens is 332 g/mol. The molecule has 2 aliphatic rings. The Kier molecular flexibility index (Phi) is 4.51. The number of hydrogen-bond acceptors (Lipinski definition) is 4. The van der Waals surface area contributed by atoms with Gasteiger partial charge in [-0.1, -0.05) is 6.07 Å². The van der Waals surface area contributed by atoms with Crippen LogP contribution in [0.2, 0.25) is 0 Å². The van der Waals surface area contributed by atoms with E-state index in [0.717, 1.165) is 18.4 Å². The minimum absolute atomic E-state index is 0.0489. The number of fused-ring (bicyclic) bond motifs is 1. The lowest BCUT2D eigenvalue weighted by atomic mass is 9.91. The Labute approximate surface area is 145 Å². The molecule has 1 aromatic rings. The number of nitrogens with zero attached hydrogens (tertiary/aromatic N) is 1. The molecule has 0 bridgehead atoms. The van der Waals surface area contributed by atoms with Gasteiger partial charge in [-0.2, -0.15) is 0 Å². The summed E-state index contributed by atoms with van der Waals surface area (Å²) in [5.41, 5.74) is 0.364. The quantitative estimate of drug-likeness (QED) is 0.798. The second-order valence-corrected chi connectivity index (χ2v) is 7.59. The molecule has 0 aliphatic carbocycles. The molecule has 0 N–H and O–H groups in total. The number of benzene rings is 1. The summed E-state index contributed by atoms with van der Waals surface area (Å²) in [6.45, 7) is 6.80. The van der Waals surface area contributed by atoms with Gasteiger partial charge < -0.3 is 19.1 Å². The minimum atomic E-state index is -3.60. The molecule has 3 rings (SSSR count). The number of carbonyl (C=O) groups excluding carboxylic acids is 1. The summed E-state index contributed by atoms with van der Waals surface area (Å²) in [6.07, 6.45) is -1.35. The van der Waals surface area contributed by atoms with Crippen LogP contribution in [-0.4, -0.2) is 36.0 Å². The lowest BCUT2D eigenvalue weighted by Crippen LogP contribution is -2.43. The third-order valence-electron chi connectivity index (χ3n) is 4.16. The highest BCUT2D eigenvalue weighted by atomic mass is 19.3. The highest BCUT2D eigenvalue weighted by molar-refractivity contribution is 5.68. The summed E-state index contributed by atoms with van der Waals surface area (Å²) in [5.74, 6) is 0.359. The molecule has 0 saturated carbocycles. The van der Waals surface area contributed by atoms with Crippen LogP contribution in [0.4, 0.5) is 13.6 Å². The first-order chi connectivity index (χ1) is 11.6. The van der Waals surface area contributed by atoms with Crippen LogP contribution in [0.3, 0.4) is 0 Å². The van der Waals surface area contributed by atoms with Crippen molar-refractivity contribution in [2.45, 2.75) is 51.9 Å². The Morgan fingerprint density at radius 3 is 2.76 bits per heavy atom. The van der Waals surface area contributed by atoms with Crippen LogP contribution in [-0.2, 0) is 11.2 Å². The van der Waals surface area contributed by atoms with E-state index in [1.165, 1.54) is 6.07 Å². The third kappa shape index (κ3) is 4.52. The molecule has 1 unspecified atom stereocenters. The van der Waals surface area contributed by atoms with E-state index in [4.69, 9.17) is 4.74 Å². The van der Waals surface area contributed by atoms with E-state index in [-0.39, 0.29) is 23.5 Å². The van der Waals surface area contributed by atoms with E-state index in [9.17, 15) is 13.6 Å². The van der Waals surface area contributed by atoms with Crippen LogP contribution >= 0.6 is 0 Å². The largest absolute Gasteiger partial charge is 0.586 e. The second kappa shape index (κ2) is 6.35. The van der Waals surface area contributed by atoms with Crippen LogP contribution in [0.1, 0.15) is 39.2 Å². The smallest absolute Gasteiger partial charge is 0.444 e. The molecule has 0 spiro atoms. The van der Waals surface area contributed by atoms with E-state index in [0.29, 0.717) is 19.5 Å². The molecule has 2 aliphatic heterocycles. The number of ether oxygens (including phenoxy) is 3. The summed E-state index contributed by atoms with van der Waals surface area (Å²) >= 11 is 0. The zero-order chi connectivity index (χ0) is 18.2. The van der Waals surface area contributed by atoms with Gasteiger partial charge in [-0.3, -0.25) is 0 Å². The second-order valence-electron chi connectivity index (χ2n) is 7.59. The molecule has 0 aromatic heterocycles.